The summed E-state index contributed by atoms with van der Waals surface area (Å²) in [6.45, 7) is 5.53. The third-order valence-electron chi connectivity index (χ3n) is 4.09. The zero-order chi connectivity index (χ0) is 19.0. The Balaban J connectivity index is 0.00000364. The van der Waals surface area contributed by atoms with E-state index in [1.165, 1.54) is 0 Å². The van der Waals surface area contributed by atoms with E-state index in [2.05, 4.69) is 20.7 Å². The summed E-state index contributed by atoms with van der Waals surface area (Å²) >= 11 is 6.18. The SMILES string of the molecule is CCNC(=NCC(C)(O)c1cnn(C)c1)NCCCc1ccccc1Cl.I. The molecule has 1 unspecified atom stereocenters. The minimum absolute atomic E-state index is 0. The van der Waals surface area contributed by atoms with Gasteiger partial charge in [0.05, 0.1) is 12.7 Å². The third kappa shape index (κ3) is 7.67. The third-order valence-corrected chi connectivity index (χ3v) is 4.46. The molecular formula is C19H29ClIN5O. The topological polar surface area (TPSA) is 74.5 Å². The minimum Gasteiger partial charge on any atom is -0.383 e. The lowest BCUT2D eigenvalue weighted by Gasteiger charge is -2.20. The van der Waals surface area contributed by atoms with Crippen LogP contribution < -0.4 is 10.6 Å². The first-order valence-corrected chi connectivity index (χ1v) is 9.27. The van der Waals surface area contributed by atoms with E-state index in [1.54, 1.807) is 24.0 Å². The normalized spacial score (nSPS) is 13.6. The number of guanidine groups is 1. The Morgan fingerprint density at radius 1 is 1.33 bits per heavy atom. The van der Waals surface area contributed by atoms with Crippen molar-refractivity contribution in [2.24, 2.45) is 12.0 Å². The number of aliphatic hydroxyl groups is 1. The Bertz CT molecular complexity index is 732. The van der Waals surface area contributed by atoms with Gasteiger partial charge in [-0.25, -0.2) is 4.99 Å². The number of nitrogens with zero attached hydrogens (tertiary/aromatic N) is 3. The molecule has 0 bridgehead atoms. The summed E-state index contributed by atoms with van der Waals surface area (Å²) in [5, 5.41) is 22.1. The van der Waals surface area contributed by atoms with Gasteiger partial charge in [0.2, 0.25) is 0 Å². The Hall–Kier alpha value is -1.32. The Kier molecular flexibility index (Phi) is 10.1. The standard InChI is InChI=1S/C19H28ClN5O.HI/c1-4-21-18(22-11-7-9-15-8-5-6-10-17(15)20)23-14-19(2,26)16-12-24-25(3)13-16;/h5-6,8,10,12-13,26H,4,7,9,11,14H2,1-3H3,(H2,21,22,23);1H. The molecule has 1 aromatic heterocycles. The fourth-order valence-electron chi connectivity index (χ4n) is 2.55. The molecule has 6 nitrogen and oxygen atoms in total. The van der Waals surface area contributed by atoms with Gasteiger partial charge in [0.25, 0.3) is 0 Å². The number of hydrogen-bond acceptors (Lipinski definition) is 3. The van der Waals surface area contributed by atoms with Gasteiger partial charge in [0.1, 0.15) is 5.60 Å². The molecule has 0 aliphatic heterocycles. The molecule has 3 N–H and O–H groups in total. The molecule has 1 aromatic carbocycles. The monoisotopic (exact) mass is 505 g/mol. The number of aliphatic imine (C=N–C) groups is 1. The molecule has 1 heterocycles. The predicted octanol–water partition coefficient (Wildman–Crippen LogP) is 3.09. The van der Waals surface area contributed by atoms with Gasteiger partial charge >= 0.3 is 0 Å². The van der Waals surface area contributed by atoms with Crippen LogP contribution in [0.15, 0.2) is 41.7 Å². The van der Waals surface area contributed by atoms with Gasteiger partial charge < -0.3 is 15.7 Å². The lowest BCUT2D eigenvalue weighted by Crippen LogP contribution is -2.39. The Morgan fingerprint density at radius 2 is 2.07 bits per heavy atom. The number of halogens is 2. The molecule has 0 aliphatic rings. The molecular weight excluding hydrogens is 477 g/mol. The van der Waals surface area contributed by atoms with Crippen molar-refractivity contribution in [2.75, 3.05) is 19.6 Å². The first-order chi connectivity index (χ1) is 12.4. The second kappa shape index (κ2) is 11.5. The van der Waals surface area contributed by atoms with Gasteiger partial charge in [-0.2, -0.15) is 5.10 Å². The summed E-state index contributed by atoms with van der Waals surface area (Å²) in [6, 6.07) is 7.90. The van der Waals surface area contributed by atoms with E-state index in [-0.39, 0.29) is 30.5 Å². The van der Waals surface area contributed by atoms with Crippen LogP contribution in [0.3, 0.4) is 0 Å². The van der Waals surface area contributed by atoms with Gasteiger partial charge in [-0.3, -0.25) is 4.68 Å². The van der Waals surface area contributed by atoms with Crippen LogP contribution in [0, 0.1) is 0 Å². The van der Waals surface area contributed by atoms with Crippen LogP contribution in [0.1, 0.15) is 31.4 Å². The number of aromatic nitrogens is 2. The largest absolute Gasteiger partial charge is 0.383 e. The van der Waals surface area contributed by atoms with E-state index in [0.29, 0.717) is 5.96 Å². The molecule has 0 saturated heterocycles. The van der Waals surface area contributed by atoms with E-state index in [9.17, 15) is 5.11 Å². The fraction of sp³-hybridized carbons (Fsp3) is 0.474. The first kappa shape index (κ1) is 23.7. The summed E-state index contributed by atoms with van der Waals surface area (Å²) in [7, 11) is 1.83. The summed E-state index contributed by atoms with van der Waals surface area (Å²) in [6.07, 6.45) is 5.31. The van der Waals surface area contributed by atoms with Crippen molar-refractivity contribution in [3.63, 3.8) is 0 Å². The molecule has 1 atom stereocenters. The van der Waals surface area contributed by atoms with E-state index >= 15 is 0 Å². The average Bonchev–Trinajstić information content (AvgIpc) is 3.05. The van der Waals surface area contributed by atoms with Gasteiger partial charge in [0, 0.05) is 36.9 Å². The van der Waals surface area contributed by atoms with Crippen LogP contribution in [0.2, 0.25) is 5.02 Å². The molecule has 27 heavy (non-hydrogen) atoms. The lowest BCUT2D eigenvalue weighted by atomic mass is 10.0. The van der Waals surface area contributed by atoms with Crippen molar-refractivity contribution in [2.45, 2.75) is 32.3 Å². The number of hydrogen-bond donors (Lipinski definition) is 3. The maximum Gasteiger partial charge on any atom is 0.191 e. The van der Waals surface area contributed by atoms with Gasteiger partial charge in [-0.05, 0) is 38.3 Å². The quantitative estimate of drug-likeness (QED) is 0.223. The van der Waals surface area contributed by atoms with E-state index < -0.39 is 5.60 Å². The lowest BCUT2D eigenvalue weighted by molar-refractivity contribution is 0.0672. The molecule has 2 aromatic rings. The van der Waals surface area contributed by atoms with Crippen molar-refractivity contribution < 1.29 is 5.11 Å². The summed E-state index contributed by atoms with van der Waals surface area (Å²) in [4.78, 5) is 4.51. The maximum atomic E-state index is 10.6. The molecule has 0 spiro atoms. The van der Waals surface area contributed by atoms with E-state index in [0.717, 1.165) is 42.1 Å². The van der Waals surface area contributed by atoms with Gasteiger partial charge in [-0.1, -0.05) is 29.8 Å². The molecule has 0 amide bonds. The number of nitrogens with one attached hydrogen (secondary N) is 2. The predicted molar refractivity (Wildman–Crippen MR) is 122 cm³/mol. The second-order valence-electron chi connectivity index (χ2n) is 6.49. The zero-order valence-electron chi connectivity index (χ0n) is 16.1. The summed E-state index contributed by atoms with van der Waals surface area (Å²) in [5.41, 5.74) is 0.837. The Labute approximate surface area is 183 Å². The number of rotatable bonds is 8. The maximum absolute atomic E-state index is 10.6. The number of aryl methyl sites for hydroxylation is 2. The van der Waals surface area contributed by atoms with Crippen LogP contribution in [0.25, 0.3) is 0 Å². The molecule has 0 aliphatic carbocycles. The molecule has 0 radical (unpaired) electrons. The molecule has 0 fully saturated rings. The molecule has 150 valence electrons. The summed E-state index contributed by atoms with van der Waals surface area (Å²) in [5.74, 6) is 0.691. The van der Waals surface area contributed by atoms with Gasteiger partial charge in [-0.15, -0.1) is 24.0 Å². The van der Waals surface area contributed by atoms with Crippen molar-refractivity contribution in [3.05, 3.63) is 52.8 Å². The highest BCUT2D eigenvalue weighted by Crippen LogP contribution is 2.20. The smallest absolute Gasteiger partial charge is 0.191 e. The van der Waals surface area contributed by atoms with E-state index in [4.69, 9.17) is 11.6 Å². The highest BCUT2D eigenvalue weighted by Gasteiger charge is 2.24. The van der Waals surface area contributed by atoms with Crippen molar-refractivity contribution in [1.29, 1.82) is 0 Å². The average molecular weight is 506 g/mol. The molecule has 2 rings (SSSR count). The van der Waals surface area contributed by atoms with Crippen molar-refractivity contribution >= 4 is 41.5 Å². The summed E-state index contributed by atoms with van der Waals surface area (Å²) < 4.78 is 1.67. The van der Waals surface area contributed by atoms with Crippen LogP contribution in [-0.2, 0) is 19.1 Å². The number of benzene rings is 1. The van der Waals surface area contributed by atoms with Crippen LogP contribution in [-0.4, -0.2) is 40.5 Å². The highest BCUT2D eigenvalue weighted by molar-refractivity contribution is 14.0. The molecule has 0 saturated carbocycles. The molecule has 8 heteroatoms. The van der Waals surface area contributed by atoms with Crippen LogP contribution in [0.5, 0.6) is 0 Å². The first-order valence-electron chi connectivity index (χ1n) is 8.89. The second-order valence-corrected chi connectivity index (χ2v) is 6.90. The zero-order valence-corrected chi connectivity index (χ0v) is 19.2. The van der Waals surface area contributed by atoms with Crippen LogP contribution in [0.4, 0.5) is 0 Å². The van der Waals surface area contributed by atoms with Crippen molar-refractivity contribution in [1.82, 2.24) is 20.4 Å². The van der Waals surface area contributed by atoms with Gasteiger partial charge in [0.15, 0.2) is 5.96 Å². The highest BCUT2D eigenvalue weighted by atomic mass is 127. The fourth-order valence-corrected chi connectivity index (χ4v) is 2.78. The van der Waals surface area contributed by atoms with Crippen molar-refractivity contribution in [3.8, 4) is 0 Å². The van der Waals surface area contributed by atoms with Crippen LogP contribution >= 0.6 is 35.6 Å². The minimum atomic E-state index is -1.06. The Morgan fingerprint density at radius 3 is 2.70 bits per heavy atom. The van der Waals surface area contributed by atoms with E-state index in [1.807, 2.05) is 38.2 Å².